The summed E-state index contributed by atoms with van der Waals surface area (Å²) < 4.78 is 0. The number of hydrogen-bond acceptors (Lipinski definition) is 4. The largest absolute Gasteiger partial charge is 0.396 e. The van der Waals surface area contributed by atoms with Crippen molar-refractivity contribution < 1.29 is 0 Å². The minimum atomic E-state index is 0.228. The zero-order valence-corrected chi connectivity index (χ0v) is 6.73. The molecule has 13 heavy (non-hydrogen) atoms. The number of rotatable bonds is 0. The third-order valence-electron chi connectivity index (χ3n) is 1.72. The molecule has 0 atom stereocenters. The Labute approximate surface area is 74.6 Å². The van der Waals surface area contributed by atoms with E-state index in [0.29, 0.717) is 11.3 Å². The van der Waals surface area contributed by atoms with Crippen molar-refractivity contribution in [3.8, 4) is 6.07 Å². The van der Waals surface area contributed by atoms with Crippen LogP contribution in [0.5, 0.6) is 0 Å². The molecule has 0 aliphatic heterocycles. The van der Waals surface area contributed by atoms with E-state index < -0.39 is 0 Å². The van der Waals surface area contributed by atoms with Crippen molar-refractivity contribution in [2.75, 3.05) is 5.73 Å². The van der Waals surface area contributed by atoms with Gasteiger partial charge in [0.1, 0.15) is 6.07 Å². The quantitative estimate of drug-likeness (QED) is 0.641. The average molecular weight is 170 g/mol. The first-order valence-corrected chi connectivity index (χ1v) is 3.72. The molecule has 4 nitrogen and oxygen atoms in total. The van der Waals surface area contributed by atoms with Crippen LogP contribution in [0, 0.1) is 11.3 Å². The predicted molar refractivity (Wildman–Crippen MR) is 48.7 cm³/mol. The molecule has 0 bridgehead atoms. The van der Waals surface area contributed by atoms with Crippen LogP contribution in [-0.2, 0) is 0 Å². The van der Waals surface area contributed by atoms with Gasteiger partial charge in [-0.2, -0.15) is 5.26 Å². The Morgan fingerprint density at radius 2 is 2.31 bits per heavy atom. The topological polar surface area (TPSA) is 75.6 Å². The SMILES string of the molecule is N#Cc1nc2ncccc2cc1N. The second-order valence-corrected chi connectivity index (χ2v) is 2.59. The summed E-state index contributed by atoms with van der Waals surface area (Å²) in [6, 6.07) is 7.27. The standard InChI is InChI=1S/C9H6N4/c10-5-8-7(11)4-6-2-1-3-12-9(6)13-8/h1-4H,11H2. The molecule has 0 fully saturated rings. The van der Waals surface area contributed by atoms with Gasteiger partial charge in [-0.1, -0.05) is 0 Å². The third-order valence-corrected chi connectivity index (χ3v) is 1.72. The monoisotopic (exact) mass is 170 g/mol. The molecule has 2 N–H and O–H groups in total. The van der Waals surface area contributed by atoms with Crippen molar-refractivity contribution in [3.63, 3.8) is 0 Å². The van der Waals surface area contributed by atoms with Gasteiger partial charge in [-0.25, -0.2) is 9.97 Å². The van der Waals surface area contributed by atoms with E-state index in [2.05, 4.69) is 9.97 Å². The summed E-state index contributed by atoms with van der Waals surface area (Å²) >= 11 is 0. The van der Waals surface area contributed by atoms with Gasteiger partial charge in [0.25, 0.3) is 0 Å². The Morgan fingerprint density at radius 3 is 3.08 bits per heavy atom. The Kier molecular flexibility index (Phi) is 1.57. The summed E-state index contributed by atoms with van der Waals surface area (Å²) in [5, 5.41) is 9.50. The van der Waals surface area contributed by atoms with Crippen molar-refractivity contribution in [1.29, 1.82) is 5.26 Å². The van der Waals surface area contributed by atoms with Gasteiger partial charge in [0, 0.05) is 11.6 Å². The summed E-state index contributed by atoms with van der Waals surface area (Å²) in [7, 11) is 0. The molecular weight excluding hydrogens is 164 g/mol. The van der Waals surface area contributed by atoms with Crippen LogP contribution >= 0.6 is 0 Å². The molecule has 2 heterocycles. The van der Waals surface area contributed by atoms with Gasteiger partial charge in [-0.3, -0.25) is 0 Å². The van der Waals surface area contributed by atoms with E-state index in [1.807, 2.05) is 12.1 Å². The normalized spacial score (nSPS) is 9.77. The van der Waals surface area contributed by atoms with E-state index in [-0.39, 0.29) is 5.69 Å². The zero-order valence-electron chi connectivity index (χ0n) is 6.73. The molecule has 2 aromatic heterocycles. The molecular formula is C9H6N4. The fraction of sp³-hybridized carbons (Fsp3) is 0. The molecule has 0 aromatic carbocycles. The number of fused-ring (bicyclic) bond motifs is 1. The maximum Gasteiger partial charge on any atom is 0.165 e. The molecule has 0 unspecified atom stereocenters. The molecule has 0 aliphatic rings. The van der Waals surface area contributed by atoms with Crippen LogP contribution in [0.2, 0.25) is 0 Å². The summed E-state index contributed by atoms with van der Waals surface area (Å²) in [4.78, 5) is 8.01. The number of nitrogens with zero attached hydrogens (tertiary/aromatic N) is 3. The van der Waals surface area contributed by atoms with Crippen LogP contribution < -0.4 is 5.73 Å². The molecule has 0 amide bonds. The average Bonchev–Trinajstić information content (AvgIpc) is 2.17. The Morgan fingerprint density at radius 1 is 1.46 bits per heavy atom. The zero-order chi connectivity index (χ0) is 9.26. The van der Waals surface area contributed by atoms with Gasteiger partial charge in [0.2, 0.25) is 0 Å². The minimum absolute atomic E-state index is 0.228. The summed E-state index contributed by atoms with van der Waals surface area (Å²) in [6.45, 7) is 0. The van der Waals surface area contributed by atoms with Gasteiger partial charge in [0.05, 0.1) is 5.69 Å². The van der Waals surface area contributed by atoms with E-state index >= 15 is 0 Å². The van der Waals surface area contributed by atoms with E-state index in [9.17, 15) is 0 Å². The van der Waals surface area contributed by atoms with Crippen LogP contribution in [0.4, 0.5) is 5.69 Å². The van der Waals surface area contributed by atoms with E-state index in [1.54, 1.807) is 18.3 Å². The van der Waals surface area contributed by atoms with Crippen molar-refractivity contribution in [3.05, 3.63) is 30.1 Å². The number of nitriles is 1. The fourth-order valence-corrected chi connectivity index (χ4v) is 1.11. The summed E-state index contributed by atoms with van der Waals surface area (Å²) in [6.07, 6.45) is 1.63. The molecule has 0 radical (unpaired) electrons. The number of anilines is 1. The molecule has 2 aromatic rings. The van der Waals surface area contributed by atoms with Gasteiger partial charge in [0.15, 0.2) is 11.3 Å². The maximum absolute atomic E-state index is 8.66. The van der Waals surface area contributed by atoms with Crippen LogP contribution in [0.3, 0.4) is 0 Å². The molecule has 0 aliphatic carbocycles. The van der Waals surface area contributed by atoms with Gasteiger partial charge in [-0.15, -0.1) is 0 Å². The lowest BCUT2D eigenvalue weighted by Crippen LogP contribution is -1.95. The van der Waals surface area contributed by atoms with Crippen LogP contribution in [0.25, 0.3) is 11.0 Å². The van der Waals surface area contributed by atoms with Crippen LogP contribution in [0.1, 0.15) is 5.69 Å². The van der Waals surface area contributed by atoms with Gasteiger partial charge < -0.3 is 5.73 Å². The van der Waals surface area contributed by atoms with Crippen LogP contribution in [0.15, 0.2) is 24.4 Å². The van der Waals surface area contributed by atoms with E-state index in [1.165, 1.54) is 0 Å². The van der Waals surface area contributed by atoms with Gasteiger partial charge >= 0.3 is 0 Å². The van der Waals surface area contributed by atoms with Crippen LogP contribution in [-0.4, -0.2) is 9.97 Å². The lowest BCUT2D eigenvalue weighted by molar-refractivity contribution is 1.25. The molecule has 4 heteroatoms. The first kappa shape index (κ1) is 7.50. The highest BCUT2D eigenvalue weighted by molar-refractivity contribution is 5.79. The van der Waals surface area contributed by atoms with Gasteiger partial charge in [-0.05, 0) is 18.2 Å². The highest BCUT2D eigenvalue weighted by Gasteiger charge is 2.02. The number of nitrogens with two attached hydrogens (primary N) is 1. The highest BCUT2D eigenvalue weighted by Crippen LogP contribution is 2.15. The lowest BCUT2D eigenvalue weighted by atomic mass is 10.2. The smallest absolute Gasteiger partial charge is 0.165 e. The number of aromatic nitrogens is 2. The van der Waals surface area contributed by atoms with E-state index in [4.69, 9.17) is 11.0 Å². The van der Waals surface area contributed by atoms with Crippen molar-refractivity contribution in [2.45, 2.75) is 0 Å². The summed E-state index contributed by atoms with van der Waals surface area (Å²) in [5.74, 6) is 0. The highest BCUT2D eigenvalue weighted by atomic mass is 14.9. The molecule has 62 valence electrons. The Balaban J connectivity index is 2.83. The third kappa shape index (κ3) is 1.16. The Hall–Kier alpha value is -2.15. The molecule has 0 saturated carbocycles. The molecule has 2 rings (SSSR count). The number of nitrogen functional groups attached to an aromatic ring is 1. The van der Waals surface area contributed by atoms with Crippen molar-refractivity contribution in [1.82, 2.24) is 9.97 Å². The maximum atomic E-state index is 8.66. The molecule has 0 spiro atoms. The number of pyridine rings is 2. The van der Waals surface area contributed by atoms with E-state index in [0.717, 1.165) is 5.39 Å². The fourth-order valence-electron chi connectivity index (χ4n) is 1.11. The first-order valence-electron chi connectivity index (χ1n) is 3.72. The second kappa shape index (κ2) is 2.72. The first-order chi connectivity index (χ1) is 6.31. The predicted octanol–water partition coefficient (Wildman–Crippen LogP) is 1.08. The lowest BCUT2D eigenvalue weighted by Gasteiger charge is -1.98. The Bertz CT molecular complexity index is 498. The van der Waals surface area contributed by atoms with Crippen molar-refractivity contribution >= 4 is 16.7 Å². The number of hydrogen-bond donors (Lipinski definition) is 1. The summed E-state index contributed by atoms with van der Waals surface area (Å²) in [5.41, 5.74) is 6.75. The van der Waals surface area contributed by atoms with Crippen molar-refractivity contribution in [2.24, 2.45) is 0 Å². The molecule has 0 saturated heterocycles. The second-order valence-electron chi connectivity index (χ2n) is 2.59. The minimum Gasteiger partial charge on any atom is -0.396 e.